The summed E-state index contributed by atoms with van der Waals surface area (Å²) in [5.41, 5.74) is 2.61. The van der Waals surface area contributed by atoms with Crippen LogP contribution in [0.1, 0.15) is 0 Å². The van der Waals surface area contributed by atoms with Crippen molar-refractivity contribution in [3.63, 3.8) is 0 Å². The molecular formula is C15H10ClNO2S. The van der Waals surface area contributed by atoms with Crippen LogP contribution in [0.15, 0.2) is 47.8 Å². The molecule has 0 aliphatic carbocycles. The first-order chi connectivity index (χ1) is 9.63. The second-order valence-corrected chi connectivity index (χ2v) is 5.54. The second kappa shape index (κ2) is 5.15. The minimum absolute atomic E-state index is 0.136. The zero-order chi connectivity index (χ0) is 14.1. The molecule has 0 amide bonds. The molecule has 100 valence electrons. The van der Waals surface area contributed by atoms with Gasteiger partial charge in [-0.15, -0.1) is 11.3 Å². The summed E-state index contributed by atoms with van der Waals surface area (Å²) in [6, 6.07) is 12.1. The van der Waals surface area contributed by atoms with Gasteiger partial charge in [-0.05, 0) is 30.3 Å². The number of thiazole rings is 1. The molecule has 0 bridgehead atoms. The maximum Gasteiger partial charge on any atom is 0.158 e. The normalized spacial score (nSPS) is 10.7. The lowest BCUT2D eigenvalue weighted by atomic mass is 10.2. The monoisotopic (exact) mass is 303 g/mol. The molecule has 0 saturated heterocycles. The van der Waals surface area contributed by atoms with Crippen molar-refractivity contribution < 1.29 is 10.2 Å². The molecule has 0 unspecified atom stereocenters. The lowest BCUT2D eigenvalue weighted by Gasteiger charge is -2.00. The molecule has 3 aromatic rings. The van der Waals surface area contributed by atoms with Gasteiger partial charge in [0, 0.05) is 21.5 Å². The van der Waals surface area contributed by atoms with Crippen molar-refractivity contribution in [3.8, 4) is 33.3 Å². The summed E-state index contributed by atoms with van der Waals surface area (Å²) in [6.07, 6.45) is 0. The van der Waals surface area contributed by atoms with E-state index in [1.54, 1.807) is 6.07 Å². The number of phenolic OH excluding ortho intramolecular Hbond substituents is 2. The van der Waals surface area contributed by atoms with Crippen molar-refractivity contribution in [1.82, 2.24) is 4.98 Å². The van der Waals surface area contributed by atoms with Crippen molar-refractivity contribution in [2.45, 2.75) is 0 Å². The van der Waals surface area contributed by atoms with Gasteiger partial charge in [0.25, 0.3) is 0 Å². The Labute approximate surface area is 124 Å². The van der Waals surface area contributed by atoms with Gasteiger partial charge in [0.1, 0.15) is 5.01 Å². The van der Waals surface area contributed by atoms with Gasteiger partial charge in [-0.3, -0.25) is 0 Å². The molecule has 0 radical (unpaired) electrons. The number of phenols is 2. The Morgan fingerprint density at radius 2 is 1.60 bits per heavy atom. The molecule has 5 heteroatoms. The molecule has 2 aromatic carbocycles. The molecule has 2 N–H and O–H groups in total. The number of nitrogens with zero attached hydrogens (tertiary/aromatic N) is 1. The summed E-state index contributed by atoms with van der Waals surface area (Å²) in [5.74, 6) is -0.283. The van der Waals surface area contributed by atoms with Crippen molar-refractivity contribution in [3.05, 3.63) is 52.9 Å². The van der Waals surface area contributed by atoms with Gasteiger partial charge in [-0.1, -0.05) is 23.7 Å². The van der Waals surface area contributed by atoms with Crippen molar-refractivity contribution in [2.24, 2.45) is 0 Å². The predicted molar refractivity (Wildman–Crippen MR) is 81.3 cm³/mol. The van der Waals surface area contributed by atoms with E-state index in [1.165, 1.54) is 23.5 Å². The number of aromatic hydroxyl groups is 2. The van der Waals surface area contributed by atoms with E-state index in [0.29, 0.717) is 5.02 Å². The highest BCUT2D eigenvalue weighted by atomic mass is 35.5. The van der Waals surface area contributed by atoms with Crippen LogP contribution in [0, 0.1) is 0 Å². The number of hydrogen-bond donors (Lipinski definition) is 2. The van der Waals surface area contributed by atoms with Crippen LogP contribution in [0.25, 0.3) is 21.8 Å². The van der Waals surface area contributed by atoms with Gasteiger partial charge in [0.2, 0.25) is 0 Å². The number of hydrogen-bond acceptors (Lipinski definition) is 4. The largest absolute Gasteiger partial charge is 0.504 e. The molecule has 1 aromatic heterocycles. The Morgan fingerprint density at radius 3 is 2.30 bits per heavy atom. The minimum atomic E-state index is -0.147. The average molecular weight is 304 g/mol. The first kappa shape index (κ1) is 13.0. The van der Waals surface area contributed by atoms with Crippen LogP contribution >= 0.6 is 22.9 Å². The third-order valence-corrected chi connectivity index (χ3v) is 4.01. The minimum Gasteiger partial charge on any atom is -0.504 e. The number of halogens is 1. The molecule has 0 spiro atoms. The average Bonchev–Trinajstić information content (AvgIpc) is 2.92. The fourth-order valence-corrected chi connectivity index (χ4v) is 2.77. The van der Waals surface area contributed by atoms with E-state index in [9.17, 15) is 10.2 Å². The zero-order valence-corrected chi connectivity index (χ0v) is 11.8. The summed E-state index contributed by atoms with van der Waals surface area (Å²) in [7, 11) is 0. The highest BCUT2D eigenvalue weighted by Crippen LogP contribution is 2.34. The Bertz CT molecular complexity index is 753. The zero-order valence-electron chi connectivity index (χ0n) is 10.2. The van der Waals surface area contributed by atoms with E-state index in [2.05, 4.69) is 4.98 Å². The molecule has 0 aliphatic rings. The molecule has 0 aliphatic heterocycles. The van der Waals surface area contributed by atoms with E-state index in [0.717, 1.165) is 21.8 Å². The van der Waals surface area contributed by atoms with Crippen LogP contribution in [-0.4, -0.2) is 15.2 Å². The van der Waals surface area contributed by atoms with Gasteiger partial charge in [-0.2, -0.15) is 0 Å². The Kier molecular flexibility index (Phi) is 3.34. The molecule has 0 atom stereocenters. The summed E-state index contributed by atoms with van der Waals surface area (Å²) in [4.78, 5) is 4.53. The van der Waals surface area contributed by atoms with Crippen molar-refractivity contribution in [1.29, 1.82) is 0 Å². The Morgan fingerprint density at radius 1 is 0.900 bits per heavy atom. The standard InChI is InChI=1S/C15H10ClNO2S/c16-11-4-1-9(2-5-11)12-8-20-15(17-12)10-3-6-13(18)14(19)7-10/h1-8,18-19H. The fraction of sp³-hybridized carbons (Fsp3) is 0. The number of aromatic nitrogens is 1. The number of benzene rings is 2. The Hall–Kier alpha value is -2.04. The van der Waals surface area contributed by atoms with E-state index in [1.807, 2.05) is 29.6 Å². The summed E-state index contributed by atoms with van der Waals surface area (Å²) >= 11 is 7.34. The summed E-state index contributed by atoms with van der Waals surface area (Å²) in [6.45, 7) is 0. The van der Waals surface area contributed by atoms with Crippen LogP contribution in [-0.2, 0) is 0 Å². The van der Waals surface area contributed by atoms with Crippen LogP contribution in [0.5, 0.6) is 11.5 Å². The first-order valence-electron chi connectivity index (χ1n) is 5.87. The van der Waals surface area contributed by atoms with Gasteiger partial charge < -0.3 is 10.2 Å². The molecule has 20 heavy (non-hydrogen) atoms. The van der Waals surface area contributed by atoms with Crippen molar-refractivity contribution in [2.75, 3.05) is 0 Å². The van der Waals surface area contributed by atoms with Gasteiger partial charge in [0.05, 0.1) is 5.69 Å². The molecular weight excluding hydrogens is 294 g/mol. The van der Waals surface area contributed by atoms with Gasteiger partial charge >= 0.3 is 0 Å². The quantitative estimate of drug-likeness (QED) is 0.683. The molecule has 0 fully saturated rings. The third-order valence-electron chi connectivity index (χ3n) is 2.87. The summed E-state index contributed by atoms with van der Waals surface area (Å²) < 4.78 is 0. The van der Waals surface area contributed by atoms with E-state index in [-0.39, 0.29) is 11.5 Å². The second-order valence-electron chi connectivity index (χ2n) is 4.25. The topological polar surface area (TPSA) is 53.4 Å². The molecule has 3 nitrogen and oxygen atoms in total. The SMILES string of the molecule is Oc1ccc(-c2nc(-c3ccc(Cl)cc3)cs2)cc1O. The van der Waals surface area contributed by atoms with E-state index in [4.69, 9.17) is 11.6 Å². The van der Waals surface area contributed by atoms with Crippen LogP contribution in [0.3, 0.4) is 0 Å². The van der Waals surface area contributed by atoms with Crippen LogP contribution in [0.4, 0.5) is 0 Å². The van der Waals surface area contributed by atoms with E-state index < -0.39 is 0 Å². The van der Waals surface area contributed by atoms with Gasteiger partial charge in [0.15, 0.2) is 11.5 Å². The van der Waals surface area contributed by atoms with Crippen LogP contribution < -0.4 is 0 Å². The molecule has 3 rings (SSSR count). The third kappa shape index (κ3) is 2.48. The highest BCUT2D eigenvalue weighted by molar-refractivity contribution is 7.13. The fourth-order valence-electron chi connectivity index (χ4n) is 1.82. The Balaban J connectivity index is 1.97. The maximum atomic E-state index is 9.53. The van der Waals surface area contributed by atoms with E-state index >= 15 is 0 Å². The first-order valence-corrected chi connectivity index (χ1v) is 7.13. The maximum absolute atomic E-state index is 9.53. The summed E-state index contributed by atoms with van der Waals surface area (Å²) in [5, 5.41) is 22.3. The molecule has 0 saturated carbocycles. The number of rotatable bonds is 2. The van der Waals surface area contributed by atoms with Crippen LogP contribution in [0.2, 0.25) is 5.02 Å². The lowest BCUT2D eigenvalue weighted by molar-refractivity contribution is 0.404. The smallest absolute Gasteiger partial charge is 0.158 e. The highest BCUT2D eigenvalue weighted by Gasteiger charge is 2.09. The van der Waals surface area contributed by atoms with Gasteiger partial charge in [-0.25, -0.2) is 4.98 Å². The molecule has 1 heterocycles. The van der Waals surface area contributed by atoms with Crippen molar-refractivity contribution >= 4 is 22.9 Å². The lowest BCUT2D eigenvalue weighted by Crippen LogP contribution is -1.80. The predicted octanol–water partition coefficient (Wildman–Crippen LogP) is 4.54.